The Hall–Kier alpha value is -3.45. The first-order chi connectivity index (χ1) is 13.8. The van der Waals surface area contributed by atoms with Gasteiger partial charge in [-0.05, 0) is 48.5 Å². The minimum atomic E-state index is 0.668. The van der Waals surface area contributed by atoms with Crippen LogP contribution in [-0.4, -0.2) is 24.6 Å². The summed E-state index contributed by atoms with van der Waals surface area (Å²) in [7, 11) is 0. The summed E-state index contributed by atoms with van der Waals surface area (Å²) in [6, 6.07) is 18.2. The topological polar surface area (TPSA) is 69.1 Å². The van der Waals surface area contributed by atoms with Crippen LogP contribution in [0.1, 0.15) is 5.56 Å². The highest BCUT2D eigenvalue weighted by Gasteiger charge is 2.18. The van der Waals surface area contributed by atoms with Gasteiger partial charge in [-0.15, -0.1) is 10.2 Å². The maximum Gasteiger partial charge on any atom is 0.202 e. The molecule has 4 heterocycles. The Morgan fingerprint density at radius 3 is 2.68 bits per heavy atom. The molecule has 0 N–H and O–H groups in total. The van der Waals surface area contributed by atoms with Gasteiger partial charge in [-0.1, -0.05) is 30.3 Å². The van der Waals surface area contributed by atoms with Gasteiger partial charge in [-0.25, -0.2) is 9.97 Å². The molecule has 0 bridgehead atoms. The van der Waals surface area contributed by atoms with Crippen LogP contribution in [0.2, 0.25) is 0 Å². The minimum absolute atomic E-state index is 0.668. The maximum absolute atomic E-state index is 6.05. The molecule has 0 saturated heterocycles. The number of furan rings is 1. The van der Waals surface area contributed by atoms with Gasteiger partial charge in [0.1, 0.15) is 17.4 Å². The Morgan fingerprint density at radius 1 is 0.929 bits per heavy atom. The van der Waals surface area contributed by atoms with Crippen LogP contribution < -0.4 is 0 Å². The average molecular weight is 383 g/mol. The monoisotopic (exact) mass is 383 g/mol. The van der Waals surface area contributed by atoms with Gasteiger partial charge in [0.2, 0.25) is 5.16 Å². The van der Waals surface area contributed by atoms with E-state index in [0.717, 1.165) is 37.8 Å². The van der Waals surface area contributed by atoms with E-state index in [1.54, 1.807) is 6.33 Å². The lowest BCUT2D eigenvalue weighted by Gasteiger charge is -2.07. The number of aryl methyl sites for hydroxylation is 1. The maximum atomic E-state index is 6.05. The fourth-order valence-corrected chi connectivity index (χ4v) is 4.47. The number of rotatable bonds is 2. The summed E-state index contributed by atoms with van der Waals surface area (Å²) in [5, 5.41) is 12.4. The molecule has 0 amide bonds. The average Bonchev–Trinajstić information content (AvgIpc) is 3.30. The van der Waals surface area contributed by atoms with Gasteiger partial charge in [-0.2, -0.15) is 0 Å². The smallest absolute Gasteiger partial charge is 0.202 e. The summed E-state index contributed by atoms with van der Waals surface area (Å²) in [5.41, 5.74) is 5.33. The first kappa shape index (κ1) is 15.6. The molecule has 0 saturated carbocycles. The van der Waals surface area contributed by atoms with Crippen LogP contribution in [0.3, 0.4) is 0 Å². The molecule has 6 nitrogen and oxygen atoms in total. The van der Waals surface area contributed by atoms with Crippen molar-refractivity contribution < 1.29 is 4.42 Å². The van der Waals surface area contributed by atoms with Crippen LogP contribution in [0.25, 0.3) is 38.6 Å². The summed E-state index contributed by atoms with van der Waals surface area (Å²) in [4.78, 5) is 8.88. The van der Waals surface area contributed by atoms with Crippen LogP contribution in [0.15, 0.2) is 75.5 Å². The molecule has 0 aliphatic heterocycles. The first-order valence-electron chi connectivity index (χ1n) is 8.83. The molecule has 6 rings (SSSR count). The third-order valence-corrected chi connectivity index (χ3v) is 5.82. The van der Waals surface area contributed by atoms with Crippen molar-refractivity contribution >= 4 is 50.4 Å². The predicted molar refractivity (Wildman–Crippen MR) is 109 cm³/mol. The lowest BCUT2D eigenvalue weighted by Crippen LogP contribution is -1.93. The van der Waals surface area contributed by atoms with Crippen molar-refractivity contribution in [3.63, 3.8) is 0 Å². The molecular weight excluding hydrogens is 370 g/mol. The molecule has 2 aromatic carbocycles. The number of nitrogens with zero attached hydrogens (tertiary/aromatic N) is 5. The van der Waals surface area contributed by atoms with E-state index < -0.39 is 0 Å². The first-order valence-corrected chi connectivity index (χ1v) is 9.65. The van der Waals surface area contributed by atoms with Crippen molar-refractivity contribution in [2.45, 2.75) is 17.1 Å². The van der Waals surface area contributed by atoms with E-state index in [1.165, 1.54) is 22.7 Å². The zero-order valence-electron chi connectivity index (χ0n) is 14.8. The van der Waals surface area contributed by atoms with E-state index in [4.69, 9.17) is 4.42 Å². The standard InChI is InChI=1S/C21H13N5OS/c1-12-10-17-24-25-21(26(17)15-8-4-2-6-13(12)15)28-20-19-18(22-11-23-20)14-7-3-5-9-16(14)27-19/h2-11H,1H3. The molecule has 134 valence electrons. The second kappa shape index (κ2) is 5.77. The van der Waals surface area contributed by atoms with Crippen LogP contribution in [0.5, 0.6) is 0 Å². The number of para-hydroxylation sites is 2. The van der Waals surface area contributed by atoms with Crippen LogP contribution in [0, 0.1) is 6.92 Å². The number of hydrogen-bond acceptors (Lipinski definition) is 6. The highest BCUT2D eigenvalue weighted by molar-refractivity contribution is 7.99. The number of hydrogen-bond donors (Lipinski definition) is 0. The molecular formula is C21H13N5OS. The van der Waals surface area contributed by atoms with Gasteiger partial charge >= 0.3 is 0 Å². The number of pyridine rings is 1. The number of benzene rings is 2. The van der Waals surface area contributed by atoms with E-state index >= 15 is 0 Å². The molecule has 4 aromatic heterocycles. The molecule has 0 atom stereocenters. The highest BCUT2D eigenvalue weighted by atomic mass is 32.2. The molecule has 0 radical (unpaired) electrons. The van der Waals surface area contributed by atoms with Crippen LogP contribution >= 0.6 is 11.8 Å². The van der Waals surface area contributed by atoms with Gasteiger partial charge in [-0.3, -0.25) is 4.40 Å². The van der Waals surface area contributed by atoms with Gasteiger partial charge in [0.05, 0.1) is 5.52 Å². The summed E-state index contributed by atoms with van der Waals surface area (Å²) < 4.78 is 8.11. The van der Waals surface area contributed by atoms with Crippen molar-refractivity contribution in [2.24, 2.45) is 0 Å². The Balaban J connectivity index is 1.59. The Bertz CT molecular complexity index is 1520. The fourth-order valence-electron chi connectivity index (χ4n) is 3.60. The largest absolute Gasteiger partial charge is 0.451 e. The van der Waals surface area contributed by atoms with Crippen molar-refractivity contribution in [3.05, 3.63) is 66.5 Å². The summed E-state index contributed by atoms with van der Waals surface area (Å²) >= 11 is 1.43. The molecule has 6 aromatic rings. The summed E-state index contributed by atoms with van der Waals surface area (Å²) in [6.45, 7) is 2.09. The molecule has 0 fully saturated rings. The number of fused-ring (bicyclic) bond motifs is 6. The van der Waals surface area contributed by atoms with E-state index in [2.05, 4.69) is 49.7 Å². The fraction of sp³-hybridized carbons (Fsp3) is 0.0476. The lowest BCUT2D eigenvalue weighted by atomic mass is 10.1. The van der Waals surface area contributed by atoms with Crippen LogP contribution in [-0.2, 0) is 0 Å². The van der Waals surface area contributed by atoms with Gasteiger partial charge in [0, 0.05) is 10.8 Å². The van der Waals surface area contributed by atoms with Crippen molar-refractivity contribution in [2.75, 3.05) is 0 Å². The second-order valence-corrected chi connectivity index (χ2v) is 7.53. The zero-order chi connectivity index (χ0) is 18.7. The third kappa shape index (κ3) is 2.16. The van der Waals surface area contributed by atoms with Crippen molar-refractivity contribution in [1.29, 1.82) is 0 Å². The van der Waals surface area contributed by atoms with Crippen LogP contribution in [0.4, 0.5) is 0 Å². The second-order valence-electron chi connectivity index (χ2n) is 6.58. The van der Waals surface area contributed by atoms with E-state index in [9.17, 15) is 0 Å². The SMILES string of the molecule is Cc1cc2nnc(Sc3ncnc4c3oc3ccccc34)n2c2ccccc12. The van der Waals surface area contributed by atoms with Crippen molar-refractivity contribution in [1.82, 2.24) is 24.6 Å². The Labute approximate surface area is 163 Å². The highest BCUT2D eigenvalue weighted by Crippen LogP contribution is 2.36. The summed E-state index contributed by atoms with van der Waals surface area (Å²) in [6.07, 6.45) is 1.57. The summed E-state index contributed by atoms with van der Waals surface area (Å²) in [5.74, 6) is 0. The third-order valence-electron chi connectivity index (χ3n) is 4.89. The van der Waals surface area contributed by atoms with E-state index in [0.29, 0.717) is 5.58 Å². The van der Waals surface area contributed by atoms with E-state index in [-0.39, 0.29) is 0 Å². The molecule has 0 unspecified atom stereocenters. The van der Waals surface area contributed by atoms with Gasteiger partial charge < -0.3 is 4.42 Å². The van der Waals surface area contributed by atoms with Gasteiger partial charge in [0.15, 0.2) is 16.3 Å². The number of aromatic nitrogens is 5. The molecule has 7 heteroatoms. The molecule has 0 spiro atoms. The zero-order valence-corrected chi connectivity index (χ0v) is 15.6. The Morgan fingerprint density at radius 2 is 1.75 bits per heavy atom. The Kier molecular flexibility index (Phi) is 3.21. The molecule has 0 aliphatic rings. The predicted octanol–water partition coefficient (Wildman–Crippen LogP) is 5.03. The quantitative estimate of drug-likeness (QED) is 0.391. The van der Waals surface area contributed by atoms with E-state index in [1.807, 2.05) is 36.4 Å². The van der Waals surface area contributed by atoms with Crippen molar-refractivity contribution in [3.8, 4) is 0 Å². The molecule has 28 heavy (non-hydrogen) atoms. The van der Waals surface area contributed by atoms with Gasteiger partial charge in [0.25, 0.3) is 0 Å². The normalized spacial score (nSPS) is 11.9. The molecule has 0 aliphatic carbocycles. The minimum Gasteiger partial charge on any atom is -0.451 e. The lowest BCUT2D eigenvalue weighted by molar-refractivity contribution is 0.653.